The maximum atomic E-state index is 13.0. The summed E-state index contributed by atoms with van der Waals surface area (Å²) in [6, 6.07) is 5.41. The molecule has 8 heteroatoms. The van der Waals surface area contributed by atoms with Crippen LogP contribution in [0.4, 0.5) is 0 Å². The third kappa shape index (κ3) is 4.65. The van der Waals surface area contributed by atoms with Gasteiger partial charge in [-0.2, -0.15) is 0 Å². The van der Waals surface area contributed by atoms with Crippen LogP contribution in [0, 0.1) is 5.92 Å². The minimum atomic E-state index is -3.16. The number of nitrogens with one attached hydrogen (secondary N) is 1. The van der Waals surface area contributed by atoms with Crippen molar-refractivity contribution in [3.05, 3.63) is 28.8 Å². The molecule has 1 aromatic rings. The number of halogens is 1. The Labute approximate surface area is 153 Å². The Balaban J connectivity index is 1.61. The summed E-state index contributed by atoms with van der Waals surface area (Å²) in [6.45, 7) is 2.28. The second-order valence-corrected chi connectivity index (χ2v) is 9.03. The third-order valence-corrected chi connectivity index (χ3v) is 5.80. The zero-order valence-corrected chi connectivity index (χ0v) is 15.8. The van der Waals surface area contributed by atoms with Crippen molar-refractivity contribution >= 4 is 27.5 Å². The van der Waals surface area contributed by atoms with E-state index in [2.05, 4.69) is 4.72 Å². The van der Waals surface area contributed by atoms with Gasteiger partial charge in [-0.25, -0.2) is 13.1 Å². The van der Waals surface area contributed by atoms with Crippen molar-refractivity contribution in [2.75, 3.05) is 32.5 Å². The first-order chi connectivity index (χ1) is 11.8. The molecular weight excluding hydrogens is 364 g/mol. The second-order valence-electron chi connectivity index (χ2n) is 6.76. The molecule has 6 nitrogen and oxygen atoms in total. The van der Waals surface area contributed by atoms with Crippen LogP contribution in [0.3, 0.4) is 0 Å². The van der Waals surface area contributed by atoms with Crippen LogP contribution in [-0.4, -0.2) is 51.7 Å². The van der Waals surface area contributed by atoms with Gasteiger partial charge in [0.15, 0.2) is 0 Å². The van der Waals surface area contributed by atoms with Gasteiger partial charge < -0.3 is 9.64 Å². The maximum absolute atomic E-state index is 13.0. The molecule has 2 heterocycles. The topological polar surface area (TPSA) is 75.7 Å². The lowest BCUT2D eigenvalue weighted by Crippen LogP contribution is -2.44. The van der Waals surface area contributed by atoms with Crippen LogP contribution in [0.25, 0.3) is 0 Å². The number of ether oxygens (including phenoxy) is 1. The zero-order chi connectivity index (χ0) is 18.0. The highest BCUT2D eigenvalue weighted by molar-refractivity contribution is 7.88. The first kappa shape index (κ1) is 18.5. The predicted molar refractivity (Wildman–Crippen MR) is 96.5 cm³/mol. The van der Waals surface area contributed by atoms with E-state index in [1.807, 2.05) is 17.0 Å². The fourth-order valence-electron chi connectivity index (χ4n) is 3.47. The molecule has 0 saturated carbocycles. The number of amides is 1. The van der Waals surface area contributed by atoms with Crippen molar-refractivity contribution in [2.45, 2.75) is 25.2 Å². The van der Waals surface area contributed by atoms with Crippen LogP contribution in [0.5, 0.6) is 5.75 Å². The van der Waals surface area contributed by atoms with Crippen molar-refractivity contribution in [3.63, 3.8) is 0 Å². The number of nitrogens with zero attached hydrogens (tertiary/aromatic N) is 1. The van der Waals surface area contributed by atoms with Gasteiger partial charge in [0, 0.05) is 30.2 Å². The number of piperidine rings is 1. The Hall–Kier alpha value is -1.31. The van der Waals surface area contributed by atoms with E-state index in [4.69, 9.17) is 16.3 Å². The van der Waals surface area contributed by atoms with E-state index in [-0.39, 0.29) is 17.7 Å². The third-order valence-electron chi connectivity index (χ3n) is 4.87. The van der Waals surface area contributed by atoms with Gasteiger partial charge in [0.1, 0.15) is 5.75 Å². The molecule has 25 heavy (non-hydrogen) atoms. The fourth-order valence-corrected chi connectivity index (χ4v) is 4.19. The summed E-state index contributed by atoms with van der Waals surface area (Å²) in [7, 11) is -3.16. The first-order valence-corrected chi connectivity index (χ1v) is 10.8. The highest BCUT2D eigenvalue weighted by Gasteiger charge is 2.33. The lowest BCUT2D eigenvalue weighted by molar-refractivity contribution is -0.134. The van der Waals surface area contributed by atoms with Gasteiger partial charge in [0.05, 0.1) is 18.8 Å². The van der Waals surface area contributed by atoms with Crippen molar-refractivity contribution in [3.8, 4) is 5.75 Å². The first-order valence-electron chi connectivity index (χ1n) is 8.49. The molecular formula is C17H23ClN2O4S. The summed E-state index contributed by atoms with van der Waals surface area (Å²) in [6.07, 6.45) is 3.43. The SMILES string of the molecule is CS(=O)(=O)NCC1CCN(C(=O)C2CCOc3ccc(Cl)cc32)CC1. The summed E-state index contributed by atoms with van der Waals surface area (Å²) in [4.78, 5) is 14.9. The molecule has 2 aliphatic rings. The highest BCUT2D eigenvalue weighted by atomic mass is 35.5. The monoisotopic (exact) mass is 386 g/mol. The van der Waals surface area contributed by atoms with E-state index in [0.29, 0.717) is 37.7 Å². The number of carbonyl (C=O) groups is 1. The number of carbonyl (C=O) groups excluding carboxylic acids is 1. The molecule has 1 unspecified atom stereocenters. The number of sulfonamides is 1. The molecule has 0 aliphatic carbocycles. The van der Waals surface area contributed by atoms with Gasteiger partial charge in [0.2, 0.25) is 15.9 Å². The van der Waals surface area contributed by atoms with E-state index >= 15 is 0 Å². The van der Waals surface area contributed by atoms with Gasteiger partial charge in [-0.1, -0.05) is 11.6 Å². The van der Waals surface area contributed by atoms with Crippen LogP contribution in [0.2, 0.25) is 5.02 Å². The van der Waals surface area contributed by atoms with Gasteiger partial charge in [-0.3, -0.25) is 4.79 Å². The normalized spacial score (nSPS) is 21.5. The predicted octanol–water partition coefficient (Wildman–Crippen LogP) is 1.99. The van der Waals surface area contributed by atoms with E-state index in [9.17, 15) is 13.2 Å². The lowest BCUT2D eigenvalue weighted by Gasteiger charge is -2.35. The molecule has 0 radical (unpaired) electrons. The van der Waals surface area contributed by atoms with Crippen molar-refractivity contribution < 1.29 is 17.9 Å². The summed E-state index contributed by atoms with van der Waals surface area (Å²) in [5, 5.41) is 0.604. The highest BCUT2D eigenvalue weighted by Crippen LogP contribution is 2.37. The minimum absolute atomic E-state index is 0.112. The molecule has 0 aromatic heterocycles. The molecule has 0 bridgehead atoms. The van der Waals surface area contributed by atoms with Crippen LogP contribution < -0.4 is 9.46 Å². The maximum Gasteiger partial charge on any atom is 0.230 e. The summed E-state index contributed by atoms with van der Waals surface area (Å²) in [5.41, 5.74) is 0.865. The van der Waals surface area contributed by atoms with E-state index in [1.54, 1.807) is 6.07 Å². The Kier molecular flexibility index (Phi) is 5.55. The van der Waals surface area contributed by atoms with Crippen molar-refractivity contribution in [1.29, 1.82) is 0 Å². The van der Waals surface area contributed by atoms with Gasteiger partial charge >= 0.3 is 0 Å². The summed E-state index contributed by atoms with van der Waals surface area (Å²) < 4.78 is 30.6. The number of hydrogen-bond acceptors (Lipinski definition) is 4. The Bertz CT molecular complexity index is 745. The summed E-state index contributed by atoms with van der Waals surface area (Å²) in [5.74, 6) is 0.908. The largest absolute Gasteiger partial charge is 0.493 e. The number of likely N-dealkylation sites (tertiary alicyclic amines) is 1. The van der Waals surface area contributed by atoms with Crippen LogP contribution in [-0.2, 0) is 14.8 Å². The van der Waals surface area contributed by atoms with Gasteiger partial charge in [-0.05, 0) is 43.4 Å². The van der Waals surface area contributed by atoms with Crippen LogP contribution >= 0.6 is 11.6 Å². The molecule has 1 amide bonds. The second kappa shape index (κ2) is 7.51. The van der Waals surface area contributed by atoms with Gasteiger partial charge in [0.25, 0.3) is 0 Å². The fraction of sp³-hybridized carbons (Fsp3) is 0.588. The molecule has 0 spiro atoms. The van der Waals surface area contributed by atoms with Crippen molar-refractivity contribution in [1.82, 2.24) is 9.62 Å². The molecule has 2 aliphatic heterocycles. The molecule has 1 aromatic carbocycles. The average Bonchev–Trinajstić information content (AvgIpc) is 2.58. The number of rotatable bonds is 4. The van der Waals surface area contributed by atoms with Gasteiger partial charge in [-0.15, -0.1) is 0 Å². The van der Waals surface area contributed by atoms with E-state index in [1.165, 1.54) is 6.26 Å². The lowest BCUT2D eigenvalue weighted by atomic mass is 9.90. The average molecular weight is 387 g/mol. The smallest absolute Gasteiger partial charge is 0.230 e. The molecule has 1 N–H and O–H groups in total. The van der Waals surface area contributed by atoms with Crippen LogP contribution in [0.1, 0.15) is 30.7 Å². The molecule has 1 saturated heterocycles. The number of fused-ring (bicyclic) bond motifs is 1. The minimum Gasteiger partial charge on any atom is -0.493 e. The number of benzene rings is 1. The molecule has 1 fully saturated rings. The Morgan fingerprint density at radius 2 is 2.04 bits per heavy atom. The molecule has 138 valence electrons. The van der Waals surface area contributed by atoms with Crippen molar-refractivity contribution in [2.24, 2.45) is 5.92 Å². The molecule has 1 atom stereocenters. The molecule has 3 rings (SSSR count). The summed E-state index contributed by atoms with van der Waals surface area (Å²) >= 11 is 6.09. The Morgan fingerprint density at radius 3 is 2.72 bits per heavy atom. The quantitative estimate of drug-likeness (QED) is 0.858. The zero-order valence-electron chi connectivity index (χ0n) is 14.2. The Morgan fingerprint density at radius 1 is 1.32 bits per heavy atom. The number of hydrogen-bond donors (Lipinski definition) is 1. The van der Waals surface area contributed by atoms with Crippen LogP contribution in [0.15, 0.2) is 18.2 Å². The van der Waals surface area contributed by atoms with E-state index < -0.39 is 10.0 Å². The van der Waals surface area contributed by atoms with E-state index in [0.717, 1.165) is 24.2 Å². The standard InChI is InChI=1S/C17H23ClN2O4S/c1-25(22,23)19-11-12-4-7-20(8-5-12)17(21)14-6-9-24-16-3-2-13(18)10-15(14)16/h2-3,10,12,14,19H,4-9,11H2,1H3.